The zero-order valence-corrected chi connectivity index (χ0v) is 13.5. The first-order valence-electron chi connectivity index (χ1n) is 8.19. The molecule has 0 aliphatic carbocycles. The Balaban J connectivity index is 2.42. The summed E-state index contributed by atoms with van der Waals surface area (Å²) in [5, 5.41) is 3.77. The van der Waals surface area contributed by atoms with Gasteiger partial charge in [-0.3, -0.25) is 4.90 Å². The fourth-order valence-corrected chi connectivity index (χ4v) is 3.00. The summed E-state index contributed by atoms with van der Waals surface area (Å²) in [5.41, 5.74) is 0. The van der Waals surface area contributed by atoms with Crippen molar-refractivity contribution < 1.29 is 4.74 Å². The molecular formula is C16H34N2O. The van der Waals surface area contributed by atoms with Crippen LogP contribution in [0.5, 0.6) is 0 Å². The minimum absolute atomic E-state index is 0.681. The van der Waals surface area contributed by atoms with Crippen molar-refractivity contribution in [3.8, 4) is 0 Å². The molecule has 0 aromatic rings. The SMILES string of the molecule is CCCC1CNC(C(C)CC)CN1CCCCOC. The van der Waals surface area contributed by atoms with E-state index in [1.165, 1.54) is 51.7 Å². The molecule has 0 radical (unpaired) electrons. The molecule has 1 saturated heterocycles. The number of piperazine rings is 1. The Labute approximate surface area is 120 Å². The van der Waals surface area contributed by atoms with Gasteiger partial charge in [0.05, 0.1) is 0 Å². The van der Waals surface area contributed by atoms with Gasteiger partial charge >= 0.3 is 0 Å². The third kappa shape index (κ3) is 5.80. The number of unbranched alkanes of at least 4 members (excludes halogenated alkanes) is 1. The number of rotatable bonds is 9. The van der Waals surface area contributed by atoms with Gasteiger partial charge in [0.25, 0.3) is 0 Å². The van der Waals surface area contributed by atoms with Crippen molar-refractivity contribution in [3.63, 3.8) is 0 Å². The van der Waals surface area contributed by atoms with Crippen molar-refractivity contribution in [3.05, 3.63) is 0 Å². The molecule has 3 nitrogen and oxygen atoms in total. The topological polar surface area (TPSA) is 24.5 Å². The molecule has 0 aromatic carbocycles. The summed E-state index contributed by atoms with van der Waals surface area (Å²) >= 11 is 0. The lowest BCUT2D eigenvalue weighted by atomic mass is 9.94. The molecule has 1 fully saturated rings. The molecule has 1 aliphatic heterocycles. The van der Waals surface area contributed by atoms with Crippen LogP contribution in [-0.4, -0.2) is 50.3 Å². The second-order valence-corrected chi connectivity index (χ2v) is 6.04. The van der Waals surface area contributed by atoms with Gasteiger partial charge in [0.1, 0.15) is 0 Å². The Hall–Kier alpha value is -0.120. The first-order chi connectivity index (χ1) is 9.22. The Morgan fingerprint density at radius 1 is 1.32 bits per heavy atom. The van der Waals surface area contributed by atoms with Crippen LogP contribution in [0, 0.1) is 5.92 Å². The van der Waals surface area contributed by atoms with Gasteiger partial charge in [-0.05, 0) is 31.7 Å². The maximum absolute atomic E-state index is 5.15. The summed E-state index contributed by atoms with van der Waals surface area (Å²) < 4.78 is 5.15. The fraction of sp³-hybridized carbons (Fsp3) is 1.00. The normalized spacial score (nSPS) is 26.5. The number of methoxy groups -OCH3 is 1. The predicted octanol–water partition coefficient (Wildman–Crippen LogP) is 2.90. The number of ether oxygens (including phenoxy) is 1. The van der Waals surface area contributed by atoms with Gasteiger partial charge < -0.3 is 10.1 Å². The van der Waals surface area contributed by atoms with Crippen molar-refractivity contribution >= 4 is 0 Å². The van der Waals surface area contributed by atoms with E-state index in [-0.39, 0.29) is 0 Å². The van der Waals surface area contributed by atoms with E-state index in [9.17, 15) is 0 Å². The maximum Gasteiger partial charge on any atom is 0.0462 e. The highest BCUT2D eigenvalue weighted by atomic mass is 16.5. The highest BCUT2D eigenvalue weighted by Crippen LogP contribution is 2.18. The molecule has 114 valence electrons. The molecule has 19 heavy (non-hydrogen) atoms. The summed E-state index contributed by atoms with van der Waals surface area (Å²) in [4.78, 5) is 2.73. The lowest BCUT2D eigenvalue weighted by molar-refractivity contribution is 0.0972. The summed E-state index contributed by atoms with van der Waals surface area (Å²) in [6.07, 6.45) is 6.33. The Morgan fingerprint density at radius 3 is 2.74 bits per heavy atom. The molecule has 3 unspecified atom stereocenters. The van der Waals surface area contributed by atoms with Gasteiger partial charge in [-0.15, -0.1) is 0 Å². The Kier molecular flexibility index (Phi) is 8.67. The molecule has 1 heterocycles. The molecule has 0 spiro atoms. The van der Waals surface area contributed by atoms with Gasteiger partial charge in [0, 0.05) is 38.9 Å². The van der Waals surface area contributed by atoms with E-state index >= 15 is 0 Å². The summed E-state index contributed by atoms with van der Waals surface area (Å²) in [6, 6.07) is 1.42. The molecular weight excluding hydrogens is 236 g/mol. The van der Waals surface area contributed by atoms with E-state index < -0.39 is 0 Å². The molecule has 0 saturated carbocycles. The fourth-order valence-electron chi connectivity index (χ4n) is 3.00. The second kappa shape index (κ2) is 9.73. The van der Waals surface area contributed by atoms with E-state index in [1.54, 1.807) is 7.11 Å². The zero-order chi connectivity index (χ0) is 14.1. The number of nitrogens with one attached hydrogen (secondary N) is 1. The second-order valence-electron chi connectivity index (χ2n) is 6.04. The third-order valence-electron chi connectivity index (χ3n) is 4.56. The van der Waals surface area contributed by atoms with Crippen LogP contribution in [0.25, 0.3) is 0 Å². The van der Waals surface area contributed by atoms with Crippen molar-refractivity contribution in [2.24, 2.45) is 5.92 Å². The molecule has 0 amide bonds. The van der Waals surface area contributed by atoms with E-state index in [1.807, 2.05) is 0 Å². The molecule has 3 heteroatoms. The lowest BCUT2D eigenvalue weighted by Crippen LogP contribution is -2.58. The lowest BCUT2D eigenvalue weighted by Gasteiger charge is -2.42. The van der Waals surface area contributed by atoms with Crippen LogP contribution >= 0.6 is 0 Å². The largest absolute Gasteiger partial charge is 0.385 e. The van der Waals surface area contributed by atoms with Crippen LogP contribution < -0.4 is 5.32 Å². The van der Waals surface area contributed by atoms with Crippen LogP contribution in [0.3, 0.4) is 0 Å². The Morgan fingerprint density at radius 2 is 2.11 bits per heavy atom. The predicted molar refractivity (Wildman–Crippen MR) is 82.6 cm³/mol. The average molecular weight is 270 g/mol. The van der Waals surface area contributed by atoms with Gasteiger partial charge in [0.2, 0.25) is 0 Å². The van der Waals surface area contributed by atoms with E-state index in [2.05, 4.69) is 31.0 Å². The molecule has 1 aliphatic rings. The van der Waals surface area contributed by atoms with Crippen molar-refractivity contribution in [2.75, 3.05) is 33.4 Å². The summed E-state index contributed by atoms with van der Waals surface area (Å²) in [7, 11) is 1.80. The first kappa shape index (κ1) is 16.9. The van der Waals surface area contributed by atoms with E-state index in [4.69, 9.17) is 4.74 Å². The van der Waals surface area contributed by atoms with Gasteiger partial charge in [-0.2, -0.15) is 0 Å². The highest BCUT2D eigenvalue weighted by molar-refractivity contribution is 4.88. The molecule has 0 aromatic heterocycles. The molecule has 0 bridgehead atoms. The van der Waals surface area contributed by atoms with Gasteiger partial charge in [0.15, 0.2) is 0 Å². The van der Waals surface area contributed by atoms with Crippen LogP contribution in [0.15, 0.2) is 0 Å². The van der Waals surface area contributed by atoms with Crippen molar-refractivity contribution in [1.82, 2.24) is 10.2 Å². The average Bonchev–Trinajstić information content (AvgIpc) is 2.44. The smallest absolute Gasteiger partial charge is 0.0462 e. The summed E-state index contributed by atoms with van der Waals surface area (Å²) in [6.45, 7) is 11.5. The highest BCUT2D eigenvalue weighted by Gasteiger charge is 2.28. The minimum atomic E-state index is 0.681. The van der Waals surface area contributed by atoms with E-state index in [0.717, 1.165) is 18.6 Å². The molecule has 1 rings (SSSR count). The zero-order valence-electron chi connectivity index (χ0n) is 13.5. The molecule has 3 atom stereocenters. The van der Waals surface area contributed by atoms with Gasteiger partial charge in [-0.25, -0.2) is 0 Å². The van der Waals surface area contributed by atoms with Crippen molar-refractivity contribution in [1.29, 1.82) is 0 Å². The van der Waals surface area contributed by atoms with Gasteiger partial charge in [-0.1, -0.05) is 33.6 Å². The monoisotopic (exact) mass is 270 g/mol. The van der Waals surface area contributed by atoms with Crippen LogP contribution in [-0.2, 0) is 4.74 Å². The quantitative estimate of drug-likeness (QED) is 0.652. The summed E-state index contributed by atoms with van der Waals surface area (Å²) in [5.74, 6) is 0.782. The van der Waals surface area contributed by atoms with Crippen LogP contribution in [0.4, 0.5) is 0 Å². The number of nitrogens with zero attached hydrogens (tertiary/aromatic N) is 1. The standard InChI is InChI=1S/C16H34N2O/c1-5-9-15-12-17-16(14(3)6-2)13-18(15)10-7-8-11-19-4/h14-17H,5-13H2,1-4H3. The molecule has 1 N–H and O–H groups in total. The van der Waals surface area contributed by atoms with Crippen molar-refractivity contribution in [2.45, 2.75) is 65.0 Å². The van der Waals surface area contributed by atoms with Crippen LogP contribution in [0.1, 0.15) is 52.9 Å². The third-order valence-corrected chi connectivity index (χ3v) is 4.56. The number of hydrogen-bond acceptors (Lipinski definition) is 3. The Bertz CT molecular complexity index is 223. The minimum Gasteiger partial charge on any atom is -0.385 e. The van der Waals surface area contributed by atoms with E-state index in [0.29, 0.717) is 6.04 Å². The first-order valence-corrected chi connectivity index (χ1v) is 8.19. The van der Waals surface area contributed by atoms with Crippen LogP contribution in [0.2, 0.25) is 0 Å². The maximum atomic E-state index is 5.15. The number of hydrogen-bond donors (Lipinski definition) is 1.